The first-order chi connectivity index (χ1) is 13.0. The van der Waals surface area contributed by atoms with Gasteiger partial charge in [-0.1, -0.05) is 18.2 Å². The number of ether oxygens (including phenoxy) is 1. The lowest BCUT2D eigenvalue weighted by Gasteiger charge is -2.14. The van der Waals surface area contributed by atoms with E-state index in [-0.39, 0.29) is 24.9 Å². The smallest absolute Gasteiger partial charge is 0.253 e. The Morgan fingerprint density at radius 2 is 2.07 bits per heavy atom. The van der Waals surface area contributed by atoms with Gasteiger partial charge in [0.15, 0.2) is 0 Å². The second-order valence-corrected chi connectivity index (χ2v) is 8.22. The number of benzene rings is 2. The second kappa shape index (κ2) is 6.94. The molecule has 1 saturated carbocycles. The number of aliphatic hydroxyl groups excluding tert-OH is 1. The Morgan fingerprint density at radius 1 is 1.30 bits per heavy atom. The van der Waals surface area contributed by atoms with Crippen LogP contribution in [0.25, 0.3) is 10.1 Å². The molecule has 0 radical (unpaired) electrons. The number of thiophene rings is 1. The van der Waals surface area contributed by atoms with E-state index < -0.39 is 5.54 Å². The van der Waals surface area contributed by atoms with E-state index in [0.717, 1.165) is 27.8 Å². The van der Waals surface area contributed by atoms with Gasteiger partial charge >= 0.3 is 0 Å². The summed E-state index contributed by atoms with van der Waals surface area (Å²) in [5.41, 5.74) is 0.637. The highest BCUT2D eigenvalue weighted by atomic mass is 32.1. The predicted molar refractivity (Wildman–Crippen MR) is 104 cm³/mol. The fourth-order valence-corrected chi connectivity index (χ4v) is 4.17. The minimum absolute atomic E-state index is 0.0448. The number of rotatable bonds is 6. The molecule has 1 aromatic heterocycles. The van der Waals surface area contributed by atoms with Crippen LogP contribution in [-0.2, 0) is 6.61 Å². The van der Waals surface area contributed by atoms with Crippen LogP contribution >= 0.6 is 11.3 Å². The summed E-state index contributed by atoms with van der Waals surface area (Å²) in [6, 6.07) is 12.1. The van der Waals surface area contributed by atoms with Gasteiger partial charge in [0.2, 0.25) is 0 Å². The maximum atomic E-state index is 13.8. The number of aliphatic hydroxyl groups is 1. The summed E-state index contributed by atoms with van der Waals surface area (Å²) in [5, 5.41) is 13.2. The van der Waals surface area contributed by atoms with Crippen molar-refractivity contribution in [2.45, 2.75) is 31.9 Å². The molecule has 27 heavy (non-hydrogen) atoms. The standard InChI is InChI=1S/C21H20FNO3S/c1-13-19(20(25)23-21(12-24)8-9-21)16-10-15(6-7-18(16)27-13)26-11-14-4-2-3-5-17(14)22/h2-7,10,24H,8-9,11-12H2,1H3,(H,23,25). The van der Waals surface area contributed by atoms with Crippen LogP contribution in [0.4, 0.5) is 4.39 Å². The van der Waals surface area contributed by atoms with Crippen molar-refractivity contribution < 1.29 is 19.0 Å². The van der Waals surface area contributed by atoms with Crippen LogP contribution in [0.1, 0.15) is 33.6 Å². The monoisotopic (exact) mass is 385 g/mol. The van der Waals surface area contributed by atoms with Gasteiger partial charge in [-0.3, -0.25) is 4.79 Å². The van der Waals surface area contributed by atoms with Crippen molar-refractivity contribution in [3.05, 3.63) is 64.3 Å². The van der Waals surface area contributed by atoms with Gasteiger partial charge in [0.05, 0.1) is 17.7 Å². The van der Waals surface area contributed by atoms with Crippen LogP contribution in [0.5, 0.6) is 5.75 Å². The summed E-state index contributed by atoms with van der Waals surface area (Å²) < 4.78 is 20.5. The summed E-state index contributed by atoms with van der Waals surface area (Å²) >= 11 is 1.55. The van der Waals surface area contributed by atoms with Gasteiger partial charge in [-0.2, -0.15) is 0 Å². The summed E-state index contributed by atoms with van der Waals surface area (Å²) in [4.78, 5) is 13.7. The van der Waals surface area contributed by atoms with Crippen molar-refractivity contribution in [2.24, 2.45) is 0 Å². The molecule has 2 N–H and O–H groups in total. The molecule has 140 valence electrons. The van der Waals surface area contributed by atoms with Gasteiger partial charge in [-0.05, 0) is 44.0 Å². The van der Waals surface area contributed by atoms with E-state index in [1.165, 1.54) is 6.07 Å². The van der Waals surface area contributed by atoms with Gasteiger partial charge in [0, 0.05) is 20.5 Å². The van der Waals surface area contributed by atoms with Crippen LogP contribution in [0, 0.1) is 12.7 Å². The Kier molecular flexibility index (Phi) is 4.61. The molecule has 4 rings (SSSR count). The van der Waals surface area contributed by atoms with E-state index in [2.05, 4.69) is 5.32 Å². The number of nitrogens with one attached hydrogen (secondary N) is 1. The van der Waals surface area contributed by atoms with Crippen LogP contribution in [-0.4, -0.2) is 23.2 Å². The molecule has 0 unspecified atom stereocenters. The first-order valence-corrected chi connectivity index (χ1v) is 9.66. The number of carbonyl (C=O) groups is 1. The summed E-state index contributed by atoms with van der Waals surface area (Å²) in [7, 11) is 0. The predicted octanol–water partition coefficient (Wildman–Crippen LogP) is 4.18. The topological polar surface area (TPSA) is 58.6 Å². The zero-order valence-electron chi connectivity index (χ0n) is 14.9. The first-order valence-electron chi connectivity index (χ1n) is 8.84. The normalized spacial score (nSPS) is 14.9. The minimum atomic E-state index is -0.462. The SMILES string of the molecule is Cc1sc2ccc(OCc3ccccc3F)cc2c1C(=O)NC1(CO)CC1. The fraction of sp³-hybridized carbons (Fsp3) is 0.286. The molecule has 3 aromatic rings. The minimum Gasteiger partial charge on any atom is -0.489 e. The molecule has 1 heterocycles. The Hall–Kier alpha value is -2.44. The van der Waals surface area contributed by atoms with Crippen molar-refractivity contribution in [1.82, 2.24) is 5.32 Å². The number of fused-ring (bicyclic) bond motifs is 1. The highest BCUT2D eigenvalue weighted by Crippen LogP contribution is 2.37. The largest absolute Gasteiger partial charge is 0.489 e. The summed E-state index contributed by atoms with van der Waals surface area (Å²) in [6.07, 6.45) is 1.60. The quantitative estimate of drug-likeness (QED) is 0.669. The Morgan fingerprint density at radius 3 is 2.78 bits per heavy atom. The Balaban J connectivity index is 1.59. The molecule has 1 amide bonds. The number of hydrogen-bond acceptors (Lipinski definition) is 4. The highest BCUT2D eigenvalue weighted by molar-refractivity contribution is 7.19. The van der Waals surface area contributed by atoms with Gasteiger partial charge < -0.3 is 15.2 Å². The summed E-state index contributed by atoms with van der Waals surface area (Å²) in [6.45, 7) is 1.99. The van der Waals surface area contributed by atoms with Crippen LogP contribution in [0.15, 0.2) is 42.5 Å². The molecule has 0 bridgehead atoms. The van der Waals surface area contributed by atoms with Gasteiger partial charge in [-0.25, -0.2) is 4.39 Å². The molecule has 6 heteroatoms. The van der Waals surface area contributed by atoms with Crippen molar-refractivity contribution in [3.8, 4) is 5.75 Å². The molecule has 1 aliphatic rings. The lowest BCUT2D eigenvalue weighted by molar-refractivity contribution is 0.0908. The zero-order chi connectivity index (χ0) is 19.0. The molecular weight excluding hydrogens is 365 g/mol. The van der Waals surface area contributed by atoms with Crippen molar-refractivity contribution in [3.63, 3.8) is 0 Å². The average molecular weight is 385 g/mol. The average Bonchev–Trinajstić information content (AvgIpc) is 3.34. The van der Waals surface area contributed by atoms with Crippen LogP contribution in [0.2, 0.25) is 0 Å². The molecule has 0 saturated heterocycles. The molecule has 1 aliphatic carbocycles. The molecule has 2 aromatic carbocycles. The molecule has 4 nitrogen and oxygen atoms in total. The number of halogens is 1. The number of hydrogen-bond donors (Lipinski definition) is 2. The molecule has 1 fully saturated rings. The maximum absolute atomic E-state index is 13.8. The lowest BCUT2D eigenvalue weighted by Crippen LogP contribution is -2.39. The van der Waals surface area contributed by atoms with Crippen molar-refractivity contribution in [2.75, 3.05) is 6.61 Å². The molecular formula is C21H20FNO3S. The van der Waals surface area contributed by atoms with E-state index >= 15 is 0 Å². The van der Waals surface area contributed by atoms with Crippen LogP contribution < -0.4 is 10.1 Å². The Labute approximate surface area is 160 Å². The second-order valence-electron chi connectivity index (χ2n) is 6.96. The maximum Gasteiger partial charge on any atom is 0.253 e. The Bertz CT molecular complexity index is 1010. The summed E-state index contributed by atoms with van der Waals surface area (Å²) in [5.74, 6) is 0.112. The first kappa shape index (κ1) is 17.9. The molecule has 0 atom stereocenters. The zero-order valence-corrected chi connectivity index (χ0v) is 15.7. The number of amides is 1. The van der Waals surface area contributed by atoms with Crippen molar-refractivity contribution in [1.29, 1.82) is 0 Å². The van der Waals surface area contributed by atoms with Crippen LogP contribution in [0.3, 0.4) is 0 Å². The van der Waals surface area contributed by atoms with Crippen molar-refractivity contribution >= 4 is 27.3 Å². The van der Waals surface area contributed by atoms with Gasteiger partial charge in [-0.15, -0.1) is 11.3 Å². The molecule has 0 aliphatic heterocycles. The fourth-order valence-electron chi connectivity index (χ4n) is 3.12. The number of aryl methyl sites for hydroxylation is 1. The molecule has 0 spiro atoms. The third-order valence-electron chi connectivity index (χ3n) is 4.95. The van der Waals surface area contributed by atoms with E-state index in [9.17, 15) is 14.3 Å². The third-order valence-corrected chi connectivity index (χ3v) is 6.04. The van der Waals surface area contributed by atoms with E-state index in [4.69, 9.17) is 4.74 Å². The van der Waals surface area contributed by atoms with E-state index in [1.54, 1.807) is 29.5 Å². The van der Waals surface area contributed by atoms with Gasteiger partial charge in [0.1, 0.15) is 18.2 Å². The van der Waals surface area contributed by atoms with E-state index in [1.807, 2.05) is 25.1 Å². The third kappa shape index (κ3) is 3.55. The lowest BCUT2D eigenvalue weighted by atomic mass is 10.1. The number of carbonyl (C=O) groups excluding carboxylic acids is 1. The van der Waals surface area contributed by atoms with E-state index in [0.29, 0.717) is 16.9 Å². The van der Waals surface area contributed by atoms with Gasteiger partial charge in [0.25, 0.3) is 5.91 Å². The highest BCUT2D eigenvalue weighted by Gasteiger charge is 2.44.